The number of para-hydroxylation sites is 3. The van der Waals surface area contributed by atoms with Crippen molar-refractivity contribution >= 4 is 39.1 Å². The van der Waals surface area contributed by atoms with Crippen LogP contribution in [0.1, 0.15) is 0 Å². The van der Waals surface area contributed by atoms with Crippen molar-refractivity contribution in [3.63, 3.8) is 0 Å². The summed E-state index contributed by atoms with van der Waals surface area (Å²) in [6, 6.07) is 71.9. The van der Waals surface area contributed by atoms with E-state index in [2.05, 4.69) is 161 Å². The summed E-state index contributed by atoms with van der Waals surface area (Å²) in [5, 5.41) is 2.40. The van der Waals surface area contributed by atoms with Gasteiger partial charge in [0.15, 0.2) is 11.5 Å². The van der Waals surface area contributed by atoms with Gasteiger partial charge >= 0.3 is 0 Å². The monoisotopic (exact) mass is 730 g/mol. The minimum Gasteiger partial charge on any atom is -0.453 e. The largest absolute Gasteiger partial charge is 0.453 e. The Morgan fingerprint density at radius 3 is 1.60 bits per heavy atom. The molecule has 8 aromatic carbocycles. The molecule has 3 heterocycles. The Kier molecular flexibility index (Phi) is 7.74. The lowest BCUT2D eigenvalue weighted by Crippen LogP contribution is -2.18. The lowest BCUT2D eigenvalue weighted by Gasteiger charge is -2.32. The van der Waals surface area contributed by atoms with E-state index >= 15 is 0 Å². The average Bonchev–Trinajstić information content (AvgIpc) is 3.62. The van der Waals surface area contributed by atoms with Gasteiger partial charge in [-0.15, -0.1) is 0 Å². The normalized spacial score (nSPS) is 12.0. The molecule has 268 valence electrons. The number of benzene rings is 8. The van der Waals surface area contributed by atoms with Crippen LogP contribution in [-0.2, 0) is 0 Å². The van der Waals surface area contributed by atoms with Crippen LogP contribution in [-0.4, -0.2) is 14.5 Å². The molecule has 0 atom stereocenters. The van der Waals surface area contributed by atoms with E-state index in [4.69, 9.17) is 14.7 Å². The molecule has 57 heavy (non-hydrogen) atoms. The number of hydrogen-bond donors (Lipinski definition) is 0. The highest BCUT2D eigenvalue weighted by Gasteiger charge is 2.29. The van der Waals surface area contributed by atoms with Crippen LogP contribution in [0.25, 0.3) is 72.3 Å². The van der Waals surface area contributed by atoms with E-state index in [1.165, 1.54) is 27.4 Å². The Bertz CT molecular complexity index is 3030. The molecule has 0 saturated carbocycles. The summed E-state index contributed by atoms with van der Waals surface area (Å²) in [6.07, 6.45) is 0. The van der Waals surface area contributed by atoms with E-state index in [9.17, 15) is 0 Å². The van der Waals surface area contributed by atoms with Gasteiger partial charge in [-0.25, -0.2) is 9.97 Å². The second-order valence-corrected chi connectivity index (χ2v) is 14.3. The van der Waals surface area contributed by atoms with Crippen molar-refractivity contribution in [2.24, 2.45) is 0 Å². The van der Waals surface area contributed by atoms with Crippen molar-refractivity contribution < 1.29 is 4.74 Å². The third-order valence-electron chi connectivity index (χ3n) is 10.8. The SMILES string of the molecule is c1ccc(-c2ccc(-n3c4ccccc4c4cc(-c5ccc6c(c5)Oc5ccccc5N6c5nc(-c6ccccc6)cc(-c6ccccc6)n5)ccc43)cc2)cc1. The van der Waals surface area contributed by atoms with Crippen molar-refractivity contribution in [1.29, 1.82) is 0 Å². The number of aromatic nitrogens is 3. The zero-order valence-corrected chi connectivity index (χ0v) is 30.8. The van der Waals surface area contributed by atoms with Crippen molar-refractivity contribution in [1.82, 2.24) is 14.5 Å². The molecule has 0 amide bonds. The minimum absolute atomic E-state index is 0.575. The highest BCUT2D eigenvalue weighted by Crippen LogP contribution is 2.51. The van der Waals surface area contributed by atoms with Crippen LogP contribution in [0.5, 0.6) is 11.5 Å². The highest BCUT2D eigenvalue weighted by molar-refractivity contribution is 6.10. The molecule has 0 radical (unpaired) electrons. The molecule has 1 aliphatic heterocycles. The maximum Gasteiger partial charge on any atom is 0.236 e. The zero-order chi connectivity index (χ0) is 37.7. The lowest BCUT2D eigenvalue weighted by atomic mass is 10.0. The Morgan fingerprint density at radius 2 is 0.877 bits per heavy atom. The molecule has 5 nitrogen and oxygen atoms in total. The Hall–Kier alpha value is -7.76. The smallest absolute Gasteiger partial charge is 0.236 e. The minimum atomic E-state index is 0.575. The van der Waals surface area contributed by atoms with E-state index in [1.807, 2.05) is 54.6 Å². The van der Waals surface area contributed by atoms with Gasteiger partial charge in [0.1, 0.15) is 0 Å². The Labute approximate surface area is 330 Å². The fraction of sp³-hybridized carbons (Fsp3) is 0. The van der Waals surface area contributed by atoms with Crippen molar-refractivity contribution in [3.05, 3.63) is 206 Å². The first-order valence-corrected chi connectivity index (χ1v) is 19.2. The maximum absolute atomic E-state index is 6.68. The van der Waals surface area contributed by atoms with Gasteiger partial charge in [-0.05, 0) is 82.9 Å². The molecule has 2 aromatic heterocycles. The van der Waals surface area contributed by atoms with Crippen LogP contribution in [0.3, 0.4) is 0 Å². The van der Waals surface area contributed by atoms with Gasteiger partial charge in [-0.1, -0.05) is 146 Å². The van der Waals surface area contributed by atoms with Crippen LogP contribution in [0, 0.1) is 0 Å². The Balaban J connectivity index is 1.02. The standard InChI is InChI=1S/C52H34N4O/c1-4-14-35(15-5-1)36-24-28-41(29-25-36)55-46-21-11-10-20-42(46)43-32-39(26-30-47(43)55)40-27-31-49-51(33-40)57-50-23-13-12-22-48(50)56(49)52-53-44(37-16-6-2-7-17-37)34-45(54-52)38-18-8-3-9-19-38/h1-34H. The fourth-order valence-electron chi connectivity index (χ4n) is 8.06. The quantitative estimate of drug-likeness (QED) is 0.171. The summed E-state index contributed by atoms with van der Waals surface area (Å²) in [4.78, 5) is 12.5. The Morgan fingerprint density at radius 1 is 0.351 bits per heavy atom. The predicted octanol–water partition coefficient (Wildman–Crippen LogP) is 13.8. The average molecular weight is 731 g/mol. The topological polar surface area (TPSA) is 43.2 Å². The van der Waals surface area contributed by atoms with Gasteiger partial charge < -0.3 is 9.30 Å². The maximum atomic E-state index is 6.68. The number of rotatable bonds is 6. The van der Waals surface area contributed by atoms with Gasteiger partial charge in [-0.2, -0.15) is 0 Å². The molecule has 0 saturated heterocycles. The number of nitrogens with zero attached hydrogens (tertiary/aromatic N) is 4. The number of ether oxygens (including phenoxy) is 1. The van der Waals surface area contributed by atoms with Gasteiger partial charge in [0.2, 0.25) is 5.95 Å². The summed E-state index contributed by atoms with van der Waals surface area (Å²) in [5.74, 6) is 2.06. The highest BCUT2D eigenvalue weighted by atomic mass is 16.5. The molecule has 0 unspecified atom stereocenters. The van der Waals surface area contributed by atoms with Gasteiger partial charge in [-0.3, -0.25) is 4.90 Å². The number of anilines is 3. The van der Waals surface area contributed by atoms with Gasteiger partial charge in [0.05, 0.1) is 33.8 Å². The molecule has 0 aliphatic carbocycles. The molecule has 10 aromatic rings. The van der Waals surface area contributed by atoms with Crippen molar-refractivity contribution in [2.75, 3.05) is 4.90 Å². The fourth-order valence-corrected chi connectivity index (χ4v) is 8.06. The molecule has 5 heteroatoms. The number of fused-ring (bicyclic) bond motifs is 5. The summed E-state index contributed by atoms with van der Waals surface area (Å²) in [7, 11) is 0. The zero-order valence-electron chi connectivity index (χ0n) is 30.8. The summed E-state index contributed by atoms with van der Waals surface area (Å²) in [6.45, 7) is 0. The third kappa shape index (κ3) is 5.72. The van der Waals surface area contributed by atoms with Crippen LogP contribution in [0.4, 0.5) is 17.3 Å². The van der Waals surface area contributed by atoms with Gasteiger partial charge in [0, 0.05) is 27.6 Å². The summed E-state index contributed by atoms with van der Waals surface area (Å²) in [5.41, 5.74) is 13.5. The molecular weight excluding hydrogens is 697 g/mol. The first-order chi connectivity index (χ1) is 28.2. The first kappa shape index (κ1) is 32.7. The van der Waals surface area contributed by atoms with Crippen molar-refractivity contribution in [2.45, 2.75) is 0 Å². The molecule has 0 fully saturated rings. The van der Waals surface area contributed by atoms with Gasteiger partial charge in [0.25, 0.3) is 0 Å². The molecule has 1 aliphatic rings. The van der Waals surface area contributed by atoms with E-state index in [0.717, 1.165) is 67.7 Å². The first-order valence-electron chi connectivity index (χ1n) is 19.2. The summed E-state index contributed by atoms with van der Waals surface area (Å²) < 4.78 is 9.04. The second-order valence-electron chi connectivity index (χ2n) is 14.3. The molecule has 0 bridgehead atoms. The van der Waals surface area contributed by atoms with Crippen LogP contribution in [0.2, 0.25) is 0 Å². The van der Waals surface area contributed by atoms with E-state index in [1.54, 1.807) is 0 Å². The van der Waals surface area contributed by atoms with Crippen LogP contribution < -0.4 is 9.64 Å². The second kappa shape index (κ2) is 13.5. The molecule has 0 spiro atoms. The predicted molar refractivity (Wildman–Crippen MR) is 233 cm³/mol. The van der Waals surface area contributed by atoms with Crippen molar-refractivity contribution in [3.8, 4) is 62.0 Å². The summed E-state index contributed by atoms with van der Waals surface area (Å²) >= 11 is 0. The lowest BCUT2D eigenvalue weighted by molar-refractivity contribution is 0.476. The van der Waals surface area contributed by atoms with Crippen LogP contribution in [0.15, 0.2) is 206 Å². The molecule has 0 N–H and O–H groups in total. The number of hydrogen-bond acceptors (Lipinski definition) is 4. The van der Waals surface area contributed by atoms with E-state index < -0.39 is 0 Å². The van der Waals surface area contributed by atoms with Crippen LogP contribution >= 0.6 is 0 Å². The van der Waals surface area contributed by atoms with E-state index in [0.29, 0.717) is 5.95 Å². The molecule has 11 rings (SSSR count). The third-order valence-corrected chi connectivity index (χ3v) is 10.8. The molecular formula is C52H34N4O. The van der Waals surface area contributed by atoms with E-state index in [-0.39, 0.29) is 0 Å².